The van der Waals surface area contributed by atoms with E-state index in [9.17, 15) is 9.59 Å². The van der Waals surface area contributed by atoms with Gasteiger partial charge in [-0.2, -0.15) is 0 Å². The molecule has 4 rings (SSSR count). The van der Waals surface area contributed by atoms with Crippen LogP contribution in [0.15, 0.2) is 60.7 Å². The fourth-order valence-corrected chi connectivity index (χ4v) is 3.73. The average molecular weight is 365 g/mol. The highest BCUT2D eigenvalue weighted by atomic mass is 35.5. The first-order valence-corrected chi connectivity index (χ1v) is 8.85. The number of hydrogen-bond acceptors (Lipinski definition) is 2. The summed E-state index contributed by atoms with van der Waals surface area (Å²) in [6.07, 6.45) is 1.25. The summed E-state index contributed by atoms with van der Waals surface area (Å²) in [7, 11) is 0. The third-order valence-electron chi connectivity index (χ3n) is 4.68. The predicted octanol–water partition coefficient (Wildman–Crippen LogP) is 4.35. The second kappa shape index (κ2) is 6.81. The number of nitrogens with zero attached hydrogens (tertiary/aromatic N) is 1. The SMILES string of the molecule is O=CCC1CNC(=O)c2cc(-c3cccc(Cl)c3)c(-c3ccccc3)n21. The van der Waals surface area contributed by atoms with Crippen molar-refractivity contribution in [1.82, 2.24) is 9.88 Å². The van der Waals surface area contributed by atoms with E-state index in [2.05, 4.69) is 5.32 Å². The van der Waals surface area contributed by atoms with Gasteiger partial charge in [-0.15, -0.1) is 0 Å². The molecule has 1 amide bonds. The van der Waals surface area contributed by atoms with Gasteiger partial charge in [0.05, 0.1) is 11.7 Å². The highest BCUT2D eigenvalue weighted by Gasteiger charge is 2.30. The first-order chi connectivity index (χ1) is 12.7. The fraction of sp³-hybridized carbons (Fsp3) is 0.143. The molecular weight excluding hydrogens is 348 g/mol. The Morgan fingerprint density at radius 2 is 1.85 bits per heavy atom. The van der Waals surface area contributed by atoms with Gasteiger partial charge in [0.15, 0.2) is 0 Å². The summed E-state index contributed by atoms with van der Waals surface area (Å²) in [5.74, 6) is -0.127. The zero-order valence-electron chi connectivity index (χ0n) is 14.0. The lowest BCUT2D eigenvalue weighted by Crippen LogP contribution is -2.39. The summed E-state index contributed by atoms with van der Waals surface area (Å²) in [5, 5.41) is 3.52. The molecule has 0 fully saturated rings. The van der Waals surface area contributed by atoms with E-state index in [0.29, 0.717) is 23.7 Å². The van der Waals surface area contributed by atoms with Crippen LogP contribution in [0.4, 0.5) is 0 Å². The van der Waals surface area contributed by atoms with Gasteiger partial charge in [0.1, 0.15) is 12.0 Å². The topological polar surface area (TPSA) is 51.1 Å². The Hall–Kier alpha value is -2.85. The summed E-state index contributed by atoms with van der Waals surface area (Å²) in [5.41, 5.74) is 4.37. The van der Waals surface area contributed by atoms with Crippen LogP contribution in [0.2, 0.25) is 5.02 Å². The van der Waals surface area contributed by atoms with Crippen LogP contribution in [-0.4, -0.2) is 23.3 Å². The third-order valence-corrected chi connectivity index (χ3v) is 4.92. The molecule has 5 heteroatoms. The smallest absolute Gasteiger partial charge is 0.268 e. The van der Waals surface area contributed by atoms with Crippen LogP contribution >= 0.6 is 11.6 Å². The largest absolute Gasteiger partial charge is 0.349 e. The molecule has 130 valence electrons. The number of nitrogens with one attached hydrogen (secondary N) is 1. The van der Waals surface area contributed by atoms with Crippen molar-refractivity contribution in [2.24, 2.45) is 0 Å². The maximum atomic E-state index is 12.5. The lowest BCUT2D eigenvalue weighted by molar-refractivity contribution is -0.108. The van der Waals surface area contributed by atoms with E-state index < -0.39 is 0 Å². The monoisotopic (exact) mass is 364 g/mol. The molecule has 1 unspecified atom stereocenters. The van der Waals surface area contributed by atoms with Crippen molar-refractivity contribution in [1.29, 1.82) is 0 Å². The van der Waals surface area contributed by atoms with Crippen LogP contribution in [0, 0.1) is 0 Å². The van der Waals surface area contributed by atoms with Crippen LogP contribution < -0.4 is 5.32 Å². The Morgan fingerprint density at radius 1 is 1.08 bits per heavy atom. The number of rotatable bonds is 4. The molecule has 0 saturated heterocycles. The van der Waals surface area contributed by atoms with Gasteiger partial charge in [-0.1, -0.05) is 54.1 Å². The summed E-state index contributed by atoms with van der Waals surface area (Å²) in [6, 6.07) is 19.3. The van der Waals surface area contributed by atoms with Crippen molar-refractivity contribution >= 4 is 23.8 Å². The average Bonchev–Trinajstić information content (AvgIpc) is 3.07. The maximum Gasteiger partial charge on any atom is 0.268 e. The summed E-state index contributed by atoms with van der Waals surface area (Å²) in [4.78, 5) is 23.7. The zero-order valence-corrected chi connectivity index (χ0v) is 14.7. The molecule has 0 bridgehead atoms. The van der Waals surface area contributed by atoms with Crippen LogP contribution in [-0.2, 0) is 4.79 Å². The highest BCUT2D eigenvalue weighted by Crippen LogP contribution is 2.39. The van der Waals surface area contributed by atoms with Gasteiger partial charge >= 0.3 is 0 Å². The minimum absolute atomic E-state index is 0.108. The fourth-order valence-electron chi connectivity index (χ4n) is 3.54. The van der Waals surface area contributed by atoms with E-state index in [0.717, 1.165) is 28.7 Å². The molecule has 1 aromatic heterocycles. The van der Waals surface area contributed by atoms with Gasteiger partial charge in [0.2, 0.25) is 0 Å². The maximum absolute atomic E-state index is 12.5. The minimum atomic E-state index is -0.127. The van der Waals surface area contributed by atoms with Gasteiger partial charge in [-0.05, 0) is 29.3 Å². The zero-order chi connectivity index (χ0) is 18.1. The van der Waals surface area contributed by atoms with Crippen molar-refractivity contribution in [2.75, 3.05) is 6.54 Å². The number of hydrogen-bond donors (Lipinski definition) is 1. The summed E-state index contributed by atoms with van der Waals surface area (Å²) >= 11 is 6.19. The number of fused-ring (bicyclic) bond motifs is 1. The Morgan fingerprint density at radius 3 is 2.58 bits per heavy atom. The summed E-state index contributed by atoms with van der Waals surface area (Å²) < 4.78 is 2.00. The lowest BCUT2D eigenvalue weighted by Gasteiger charge is -2.27. The number of aldehydes is 1. The second-order valence-electron chi connectivity index (χ2n) is 6.30. The molecule has 1 N–H and O–H groups in total. The van der Waals surface area contributed by atoms with Crippen molar-refractivity contribution in [3.63, 3.8) is 0 Å². The third kappa shape index (κ3) is 2.82. The van der Waals surface area contributed by atoms with E-state index in [4.69, 9.17) is 11.6 Å². The molecule has 0 saturated carbocycles. The van der Waals surface area contributed by atoms with Gasteiger partial charge in [0.25, 0.3) is 5.91 Å². The standard InChI is InChI=1S/C21H17ClN2O2/c22-16-8-4-7-15(11-16)18-12-19-21(26)23-13-17(9-10-25)24(19)20(18)14-5-2-1-3-6-14/h1-8,10-12,17H,9,13H2,(H,23,26). The molecule has 26 heavy (non-hydrogen) atoms. The Kier molecular flexibility index (Phi) is 4.35. The summed E-state index contributed by atoms with van der Waals surface area (Å²) in [6.45, 7) is 0.439. The molecule has 0 spiro atoms. The Balaban J connectivity index is 2.02. The van der Waals surface area contributed by atoms with E-state index in [-0.39, 0.29) is 11.9 Å². The quantitative estimate of drug-likeness (QED) is 0.700. The first kappa shape index (κ1) is 16.6. The van der Waals surface area contributed by atoms with Gasteiger partial charge in [0, 0.05) is 23.6 Å². The molecule has 1 aliphatic rings. The van der Waals surface area contributed by atoms with Crippen molar-refractivity contribution in [3.8, 4) is 22.4 Å². The normalized spacial score (nSPS) is 16.0. The van der Waals surface area contributed by atoms with Crippen molar-refractivity contribution in [3.05, 3.63) is 71.4 Å². The first-order valence-electron chi connectivity index (χ1n) is 8.47. The van der Waals surface area contributed by atoms with E-state index in [1.54, 1.807) is 0 Å². The number of carbonyl (C=O) groups is 2. The van der Waals surface area contributed by atoms with Crippen LogP contribution in [0.25, 0.3) is 22.4 Å². The molecular formula is C21H17ClN2O2. The van der Waals surface area contributed by atoms with Gasteiger partial charge in [-0.25, -0.2) is 0 Å². The molecule has 4 nitrogen and oxygen atoms in total. The van der Waals surface area contributed by atoms with E-state index in [1.165, 1.54) is 0 Å². The second-order valence-corrected chi connectivity index (χ2v) is 6.74. The van der Waals surface area contributed by atoms with Crippen molar-refractivity contribution < 1.29 is 9.59 Å². The van der Waals surface area contributed by atoms with E-state index >= 15 is 0 Å². The Bertz CT molecular complexity index is 979. The van der Waals surface area contributed by atoms with Crippen LogP contribution in [0.3, 0.4) is 0 Å². The number of aromatic nitrogens is 1. The molecule has 0 radical (unpaired) electrons. The molecule has 1 aliphatic heterocycles. The lowest BCUT2D eigenvalue weighted by atomic mass is 10.0. The van der Waals surface area contributed by atoms with Crippen LogP contribution in [0.5, 0.6) is 0 Å². The molecule has 1 atom stereocenters. The van der Waals surface area contributed by atoms with Crippen molar-refractivity contribution in [2.45, 2.75) is 12.5 Å². The van der Waals surface area contributed by atoms with Gasteiger partial charge in [-0.3, -0.25) is 4.79 Å². The number of benzene rings is 2. The molecule has 2 heterocycles. The number of carbonyl (C=O) groups excluding carboxylic acids is 2. The highest BCUT2D eigenvalue weighted by molar-refractivity contribution is 6.30. The molecule has 2 aromatic carbocycles. The predicted molar refractivity (Wildman–Crippen MR) is 102 cm³/mol. The molecule has 3 aromatic rings. The Labute approximate surface area is 156 Å². The number of amides is 1. The minimum Gasteiger partial charge on any atom is -0.349 e. The van der Waals surface area contributed by atoms with E-state index in [1.807, 2.05) is 65.2 Å². The van der Waals surface area contributed by atoms with Crippen LogP contribution in [0.1, 0.15) is 23.0 Å². The number of halogens is 1. The molecule has 0 aliphatic carbocycles. The van der Waals surface area contributed by atoms with Gasteiger partial charge < -0.3 is 14.7 Å².